The van der Waals surface area contributed by atoms with E-state index in [-0.39, 0.29) is 11.4 Å². The Morgan fingerprint density at radius 1 is 1.39 bits per heavy atom. The molecule has 0 amide bonds. The number of hydrogen-bond acceptors (Lipinski definition) is 2. The van der Waals surface area contributed by atoms with Crippen molar-refractivity contribution < 1.29 is 13.5 Å². The van der Waals surface area contributed by atoms with E-state index in [2.05, 4.69) is 21.2 Å². The maximum absolute atomic E-state index is 13.7. The highest BCUT2D eigenvalue weighted by molar-refractivity contribution is 9.10. The SMILES string of the molecule is CNCCC1(Oc2cc(Br)cc(F)c2F)CCC1. The summed E-state index contributed by atoms with van der Waals surface area (Å²) >= 11 is 3.15. The van der Waals surface area contributed by atoms with Gasteiger partial charge in [-0.1, -0.05) is 15.9 Å². The van der Waals surface area contributed by atoms with Crippen molar-refractivity contribution in [2.45, 2.75) is 31.3 Å². The summed E-state index contributed by atoms with van der Waals surface area (Å²) in [4.78, 5) is 0. The van der Waals surface area contributed by atoms with Crippen LogP contribution in [0.2, 0.25) is 0 Å². The van der Waals surface area contributed by atoms with Gasteiger partial charge in [-0.25, -0.2) is 4.39 Å². The van der Waals surface area contributed by atoms with Crippen molar-refractivity contribution in [1.82, 2.24) is 5.32 Å². The van der Waals surface area contributed by atoms with Gasteiger partial charge in [0.05, 0.1) is 0 Å². The van der Waals surface area contributed by atoms with Crippen LogP contribution in [0.3, 0.4) is 0 Å². The van der Waals surface area contributed by atoms with E-state index in [0.29, 0.717) is 4.47 Å². The molecule has 100 valence electrons. The second kappa shape index (κ2) is 5.53. The highest BCUT2D eigenvalue weighted by atomic mass is 79.9. The molecule has 0 atom stereocenters. The summed E-state index contributed by atoms with van der Waals surface area (Å²) in [6.07, 6.45) is 3.66. The molecule has 0 unspecified atom stereocenters. The van der Waals surface area contributed by atoms with Crippen LogP contribution in [0.5, 0.6) is 5.75 Å². The Hall–Kier alpha value is -0.680. The van der Waals surface area contributed by atoms with E-state index in [4.69, 9.17) is 4.74 Å². The van der Waals surface area contributed by atoms with E-state index >= 15 is 0 Å². The number of ether oxygens (including phenoxy) is 1. The monoisotopic (exact) mass is 319 g/mol. The summed E-state index contributed by atoms with van der Waals surface area (Å²) in [5.41, 5.74) is -0.336. The Morgan fingerprint density at radius 2 is 2.11 bits per heavy atom. The fourth-order valence-corrected chi connectivity index (χ4v) is 2.58. The van der Waals surface area contributed by atoms with Gasteiger partial charge in [0.2, 0.25) is 5.82 Å². The van der Waals surface area contributed by atoms with Crippen LogP contribution in [0.1, 0.15) is 25.7 Å². The number of hydrogen-bond donors (Lipinski definition) is 1. The van der Waals surface area contributed by atoms with E-state index in [0.717, 1.165) is 38.3 Å². The molecule has 1 saturated carbocycles. The average molecular weight is 320 g/mol. The molecule has 1 aliphatic carbocycles. The van der Waals surface area contributed by atoms with Gasteiger partial charge in [0.25, 0.3) is 0 Å². The zero-order chi connectivity index (χ0) is 13.2. The van der Waals surface area contributed by atoms with Crippen molar-refractivity contribution in [3.63, 3.8) is 0 Å². The predicted molar refractivity (Wildman–Crippen MR) is 69.8 cm³/mol. The lowest BCUT2D eigenvalue weighted by molar-refractivity contribution is -0.0173. The summed E-state index contributed by atoms with van der Waals surface area (Å²) in [6.45, 7) is 0.804. The number of halogens is 3. The minimum Gasteiger partial charge on any atom is -0.484 e. The van der Waals surface area contributed by atoms with Crippen LogP contribution < -0.4 is 10.1 Å². The largest absolute Gasteiger partial charge is 0.484 e. The third-order valence-corrected chi connectivity index (χ3v) is 3.84. The lowest BCUT2D eigenvalue weighted by atomic mass is 9.77. The standard InChI is InChI=1S/C13H16BrF2NO/c1-17-6-5-13(3-2-4-13)18-11-8-9(14)7-10(15)12(11)16/h7-8,17H,2-6H2,1H3. The van der Waals surface area contributed by atoms with Crippen molar-refractivity contribution in [2.24, 2.45) is 0 Å². The Bertz CT molecular complexity index is 435. The molecule has 1 N–H and O–H groups in total. The highest BCUT2D eigenvalue weighted by Crippen LogP contribution is 2.40. The molecule has 2 nitrogen and oxygen atoms in total. The molecule has 2 rings (SSSR count). The van der Waals surface area contributed by atoms with Gasteiger partial charge >= 0.3 is 0 Å². The fourth-order valence-electron chi connectivity index (χ4n) is 2.17. The first-order chi connectivity index (χ1) is 8.56. The molecule has 18 heavy (non-hydrogen) atoms. The molecule has 1 fully saturated rings. The minimum atomic E-state index is -0.908. The van der Waals surface area contributed by atoms with Crippen LogP contribution >= 0.6 is 15.9 Å². The van der Waals surface area contributed by atoms with Crippen LogP contribution in [0.15, 0.2) is 16.6 Å². The van der Waals surface area contributed by atoms with Crippen LogP contribution in [0.25, 0.3) is 0 Å². The predicted octanol–water partition coefficient (Wildman–Crippen LogP) is 3.64. The molecule has 0 saturated heterocycles. The molecule has 0 aliphatic heterocycles. The van der Waals surface area contributed by atoms with E-state index in [1.165, 1.54) is 6.07 Å². The van der Waals surface area contributed by atoms with Gasteiger partial charge in [-0.3, -0.25) is 0 Å². The molecule has 5 heteroatoms. The summed E-state index contributed by atoms with van der Waals surface area (Å²) in [5.74, 6) is -1.80. The second-order valence-corrected chi connectivity index (χ2v) is 5.61. The Kier molecular flexibility index (Phi) is 4.22. The third-order valence-electron chi connectivity index (χ3n) is 3.38. The first-order valence-electron chi connectivity index (χ1n) is 6.04. The molecule has 0 heterocycles. The summed E-state index contributed by atoms with van der Waals surface area (Å²) in [6, 6.07) is 2.58. The average Bonchev–Trinajstić information content (AvgIpc) is 2.28. The second-order valence-electron chi connectivity index (χ2n) is 4.69. The Labute approximate surface area is 114 Å². The molecule has 0 spiro atoms. The zero-order valence-electron chi connectivity index (χ0n) is 10.2. The third kappa shape index (κ3) is 2.83. The normalized spacial score (nSPS) is 17.3. The van der Waals surface area contributed by atoms with Crippen LogP contribution in [-0.4, -0.2) is 19.2 Å². The smallest absolute Gasteiger partial charge is 0.200 e. The quantitative estimate of drug-likeness (QED) is 0.837. The van der Waals surface area contributed by atoms with Crippen molar-refractivity contribution >= 4 is 15.9 Å². The molecule has 1 aliphatic rings. The lowest BCUT2D eigenvalue weighted by Crippen LogP contribution is -2.45. The van der Waals surface area contributed by atoms with Crippen LogP contribution in [-0.2, 0) is 0 Å². The number of benzene rings is 1. The summed E-state index contributed by atoms with van der Waals surface area (Å²) < 4.78 is 33.2. The first-order valence-corrected chi connectivity index (χ1v) is 6.84. The van der Waals surface area contributed by atoms with Gasteiger partial charge < -0.3 is 10.1 Å². The number of nitrogens with one attached hydrogen (secondary N) is 1. The van der Waals surface area contributed by atoms with E-state index in [1.54, 1.807) is 0 Å². The van der Waals surface area contributed by atoms with Crippen molar-refractivity contribution in [1.29, 1.82) is 0 Å². The van der Waals surface area contributed by atoms with Crippen LogP contribution in [0, 0.1) is 11.6 Å². The first kappa shape index (κ1) is 13.7. The van der Waals surface area contributed by atoms with Crippen molar-refractivity contribution in [3.8, 4) is 5.75 Å². The van der Waals surface area contributed by atoms with Gasteiger partial charge in [-0.15, -0.1) is 0 Å². The summed E-state index contributed by atoms with van der Waals surface area (Å²) in [5, 5.41) is 3.06. The van der Waals surface area contributed by atoms with E-state index in [9.17, 15) is 8.78 Å². The van der Waals surface area contributed by atoms with Gasteiger partial charge in [0, 0.05) is 4.47 Å². The molecular formula is C13H16BrF2NO. The van der Waals surface area contributed by atoms with Gasteiger partial charge in [-0.05, 0) is 51.4 Å². The number of rotatable bonds is 5. The summed E-state index contributed by atoms with van der Waals surface area (Å²) in [7, 11) is 1.87. The molecule has 1 aromatic rings. The van der Waals surface area contributed by atoms with Gasteiger partial charge in [-0.2, -0.15) is 4.39 Å². The zero-order valence-corrected chi connectivity index (χ0v) is 11.8. The lowest BCUT2D eigenvalue weighted by Gasteiger charge is -2.42. The van der Waals surface area contributed by atoms with Crippen molar-refractivity contribution in [2.75, 3.05) is 13.6 Å². The molecule has 0 aromatic heterocycles. The van der Waals surface area contributed by atoms with E-state index in [1.807, 2.05) is 7.05 Å². The maximum atomic E-state index is 13.7. The van der Waals surface area contributed by atoms with Gasteiger partial charge in [0.15, 0.2) is 11.6 Å². The highest BCUT2D eigenvalue weighted by Gasteiger charge is 2.39. The Morgan fingerprint density at radius 3 is 2.67 bits per heavy atom. The minimum absolute atomic E-state index is 0.00215. The Balaban J connectivity index is 2.17. The maximum Gasteiger partial charge on any atom is 0.200 e. The molecule has 1 aromatic carbocycles. The fraction of sp³-hybridized carbons (Fsp3) is 0.538. The molecular weight excluding hydrogens is 304 g/mol. The molecule has 0 bridgehead atoms. The van der Waals surface area contributed by atoms with Crippen molar-refractivity contribution in [3.05, 3.63) is 28.2 Å². The molecule has 0 radical (unpaired) electrons. The van der Waals surface area contributed by atoms with Gasteiger partial charge in [0.1, 0.15) is 5.60 Å². The van der Waals surface area contributed by atoms with E-state index < -0.39 is 11.6 Å². The van der Waals surface area contributed by atoms with Crippen LogP contribution in [0.4, 0.5) is 8.78 Å². The topological polar surface area (TPSA) is 21.3 Å².